The third kappa shape index (κ3) is 2.98. The van der Waals surface area contributed by atoms with Crippen LogP contribution in [0.15, 0.2) is 12.3 Å². The van der Waals surface area contributed by atoms with E-state index in [2.05, 4.69) is 20.2 Å². The van der Waals surface area contributed by atoms with Gasteiger partial charge in [-0.25, -0.2) is 14.4 Å². The fourth-order valence-corrected chi connectivity index (χ4v) is 4.20. The molecule has 4 heterocycles. The van der Waals surface area contributed by atoms with Gasteiger partial charge in [-0.2, -0.15) is 10.2 Å². The van der Waals surface area contributed by atoms with Crippen molar-refractivity contribution in [1.29, 1.82) is 0 Å². The molecule has 0 atom stereocenters. The van der Waals surface area contributed by atoms with E-state index in [0.29, 0.717) is 50.1 Å². The van der Waals surface area contributed by atoms with Crippen LogP contribution >= 0.6 is 11.3 Å². The van der Waals surface area contributed by atoms with E-state index in [-0.39, 0.29) is 12.2 Å². The highest BCUT2D eigenvalue weighted by Crippen LogP contribution is 2.37. The Morgan fingerprint density at radius 1 is 1.31 bits per heavy atom. The van der Waals surface area contributed by atoms with Crippen LogP contribution in [-0.2, 0) is 20.1 Å². The first-order chi connectivity index (χ1) is 13.8. The molecule has 4 aromatic heterocycles. The molecule has 0 aliphatic rings. The number of carbonyl (C=O) groups is 1. The molecule has 4 aromatic rings. The molecule has 0 radical (unpaired) electrons. The van der Waals surface area contributed by atoms with Gasteiger partial charge in [0.15, 0.2) is 5.82 Å². The van der Waals surface area contributed by atoms with Crippen LogP contribution in [0.5, 0.6) is 0 Å². The third-order valence-corrected chi connectivity index (χ3v) is 5.75. The van der Waals surface area contributed by atoms with Crippen molar-refractivity contribution in [2.45, 2.75) is 26.9 Å². The Bertz CT molecular complexity index is 1250. The summed E-state index contributed by atoms with van der Waals surface area (Å²) in [5.74, 6) is -1.08. The molecule has 0 aromatic carbocycles. The molecule has 9 nitrogen and oxygen atoms in total. The number of rotatable bonds is 5. The third-order valence-electron chi connectivity index (χ3n) is 4.66. The minimum Gasteiger partial charge on any atom is -0.364 e. The van der Waals surface area contributed by atoms with Crippen LogP contribution < -0.4 is 11.5 Å². The van der Waals surface area contributed by atoms with Crippen LogP contribution in [0.2, 0.25) is 0 Å². The van der Waals surface area contributed by atoms with E-state index in [9.17, 15) is 9.18 Å². The first kappa shape index (κ1) is 19.2. The maximum atomic E-state index is 14.7. The highest BCUT2D eigenvalue weighted by atomic mass is 32.1. The largest absolute Gasteiger partial charge is 0.364 e. The molecular weight excluding hydrogens is 395 g/mol. The number of aromatic nitrogens is 6. The fraction of sp³-hybridized carbons (Fsp3) is 0.278. The number of hydrogen-bond acceptors (Lipinski definition) is 7. The molecule has 1 amide bonds. The molecule has 150 valence electrons. The molecule has 0 saturated carbocycles. The Morgan fingerprint density at radius 3 is 2.72 bits per heavy atom. The highest BCUT2D eigenvalue weighted by Gasteiger charge is 2.24. The van der Waals surface area contributed by atoms with Crippen molar-refractivity contribution in [1.82, 2.24) is 29.5 Å². The number of halogens is 1. The van der Waals surface area contributed by atoms with Gasteiger partial charge in [0.05, 0.1) is 17.4 Å². The Hall–Kier alpha value is -3.18. The van der Waals surface area contributed by atoms with Crippen molar-refractivity contribution in [3.05, 3.63) is 34.3 Å². The minimum atomic E-state index is -0.662. The Labute approximate surface area is 169 Å². The predicted octanol–water partition coefficient (Wildman–Crippen LogP) is 1.98. The van der Waals surface area contributed by atoms with Gasteiger partial charge in [-0.05, 0) is 19.9 Å². The van der Waals surface area contributed by atoms with Crippen LogP contribution in [0, 0.1) is 12.7 Å². The quantitative estimate of drug-likeness (QED) is 0.513. The van der Waals surface area contributed by atoms with Gasteiger partial charge in [-0.3, -0.25) is 14.2 Å². The van der Waals surface area contributed by atoms with E-state index in [1.165, 1.54) is 11.3 Å². The maximum Gasteiger partial charge on any atom is 0.267 e. The molecule has 11 heteroatoms. The van der Waals surface area contributed by atoms with E-state index < -0.39 is 11.7 Å². The van der Waals surface area contributed by atoms with E-state index in [4.69, 9.17) is 11.5 Å². The Balaban J connectivity index is 1.99. The summed E-state index contributed by atoms with van der Waals surface area (Å²) in [5.41, 5.74) is 13.7. The average Bonchev–Trinajstić information content (AvgIpc) is 3.37. The van der Waals surface area contributed by atoms with Gasteiger partial charge in [0.25, 0.3) is 5.91 Å². The summed E-state index contributed by atoms with van der Waals surface area (Å²) in [7, 11) is 1.76. The summed E-state index contributed by atoms with van der Waals surface area (Å²) >= 11 is 1.27. The average molecular weight is 414 g/mol. The van der Waals surface area contributed by atoms with Crippen molar-refractivity contribution in [2.24, 2.45) is 18.5 Å². The zero-order chi connectivity index (χ0) is 20.9. The minimum absolute atomic E-state index is 0.0919. The molecule has 0 aliphatic heterocycles. The number of thiazole rings is 1. The van der Waals surface area contributed by atoms with Gasteiger partial charge in [-0.1, -0.05) is 0 Å². The van der Waals surface area contributed by atoms with E-state index in [1.54, 1.807) is 35.6 Å². The topological polar surface area (TPSA) is 131 Å². The number of nitrogens with two attached hydrogens (primary N) is 2. The van der Waals surface area contributed by atoms with Gasteiger partial charge in [0.2, 0.25) is 0 Å². The van der Waals surface area contributed by atoms with Crippen molar-refractivity contribution >= 4 is 28.1 Å². The lowest BCUT2D eigenvalue weighted by molar-refractivity contribution is 0.0996. The summed E-state index contributed by atoms with van der Waals surface area (Å²) in [6.45, 7) is 4.17. The summed E-state index contributed by atoms with van der Waals surface area (Å²) < 4.78 is 17.9. The zero-order valence-electron chi connectivity index (χ0n) is 16.1. The molecule has 4 rings (SSSR count). The maximum absolute atomic E-state index is 14.7. The normalized spacial score (nSPS) is 11.5. The second kappa shape index (κ2) is 7.01. The number of fused-ring (bicyclic) bond motifs is 1. The molecular formula is C18H19FN8OS. The van der Waals surface area contributed by atoms with Gasteiger partial charge < -0.3 is 11.5 Å². The van der Waals surface area contributed by atoms with E-state index in [1.807, 2.05) is 6.92 Å². The summed E-state index contributed by atoms with van der Waals surface area (Å²) in [5, 5.41) is 9.61. The van der Waals surface area contributed by atoms with Crippen LogP contribution in [0.25, 0.3) is 33.0 Å². The molecule has 0 bridgehead atoms. The summed E-state index contributed by atoms with van der Waals surface area (Å²) in [6.07, 6.45) is 1.64. The van der Waals surface area contributed by atoms with Crippen molar-refractivity contribution in [3.8, 4) is 22.1 Å². The molecule has 4 N–H and O–H groups in total. The van der Waals surface area contributed by atoms with Gasteiger partial charge in [0.1, 0.15) is 27.8 Å². The monoisotopic (exact) mass is 414 g/mol. The number of nitrogens with zero attached hydrogens (tertiary/aromatic N) is 6. The number of carbonyl (C=O) groups excluding carboxylic acids is 1. The first-order valence-electron chi connectivity index (χ1n) is 8.91. The lowest BCUT2D eigenvalue weighted by Crippen LogP contribution is -2.14. The summed E-state index contributed by atoms with van der Waals surface area (Å²) in [4.78, 5) is 21.6. The van der Waals surface area contributed by atoms with Gasteiger partial charge >= 0.3 is 0 Å². The van der Waals surface area contributed by atoms with E-state index >= 15 is 0 Å². The molecule has 0 aliphatic carbocycles. The number of amides is 1. The van der Waals surface area contributed by atoms with Crippen molar-refractivity contribution in [3.63, 3.8) is 0 Å². The fourth-order valence-electron chi connectivity index (χ4n) is 3.22. The van der Waals surface area contributed by atoms with Crippen LogP contribution in [-0.4, -0.2) is 35.4 Å². The smallest absolute Gasteiger partial charge is 0.267 e. The second-order valence-corrected chi connectivity index (χ2v) is 7.56. The molecule has 0 saturated heterocycles. The van der Waals surface area contributed by atoms with Crippen molar-refractivity contribution < 1.29 is 9.18 Å². The number of primary amides is 1. The SMILES string of the molecule is CCn1nc(C)c(F)c1-c1nc(-c2nc(C(N)=O)cc3c2cnn3C)c(CN)s1. The Kier molecular flexibility index (Phi) is 4.63. The number of hydrogen-bond donors (Lipinski definition) is 2. The summed E-state index contributed by atoms with van der Waals surface area (Å²) in [6, 6.07) is 1.58. The first-order valence-corrected chi connectivity index (χ1v) is 9.73. The van der Waals surface area contributed by atoms with E-state index in [0.717, 1.165) is 0 Å². The van der Waals surface area contributed by atoms with Gasteiger partial charge in [0, 0.05) is 30.4 Å². The molecule has 0 unspecified atom stereocenters. The number of aryl methyl sites for hydroxylation is 3. The predicted molar refractivity (Wildman–Crippen MR) is 108 cm³/mol. The van der Waals surface area contributed by atoms with Gasteiger partial charge in [-0.15, -0.1) is 11.3 Å². The zero-order valence-corrected chi connectivity index (χ0v) is 16.9. The lowest BCUT2D eigenvalue weighted by Gasteiger charge is -2.05. The lowest BCUT2D eigenvalue weighted by atomic mass is 10.1. The van der Waals surface area contributed by atoms with Crippen molar-refractivity contribution in [2.75, 3.05) is 0 Å². The molecule has 29 heavy (non-hydrogen) atoms. The standard InChI is InChI=1S/C18H19FN8OS/c1-4-27-16(13(19)8(2)25-27)18-24-15(12(6-20)29-18)14-9-7-22-26(3)11(9)5-10(23-14)17(21)28/h5,7H,4,6,20H2,1-3H3,(H2,21,28). The van der Waals surface area contributed by atoms with Crippen LogP contribution in [0.4, 0.5) is 4.39 Å². The molecule has 0 fully saturated rings. The van der Waals surface area contributed by atoms with Crippen LogP contribution in [0.3, 0.4) is 0 Å². The molecule has 0 spiro atoms. The highest BCUT2D eigenvalue weighted by molar-refractivity contribution is 7.15. The van der Waals surface area contributed by atoms with Crippen LogP contribution in [0.1, 0.15) is 28.0 Å². The second-order valence-electron chi connectivity index (χ2n) is 6.48. The number of pyridine rings is 1. The Morgan fingerprint density at radius 2 is 2.07 bits per heavy atom.